The van der Waals surface area contributed by atoms with E-state index in [2.05, 4.69) is 5.32 Å². The van der Waals surface area contributed by atoms with Crippen LogP contribution in [0, 0.1) is 6.92 Å². The number of carboxylic acid groups (broad SMARTS) is 1. The molecule has 1 heterocycles. The number of nitrogens with zero attached hydrogens (tertiary/aromatic N) is 1. The quantitative estimate of drug-likeness (QED) is 0.835. The van der Waals surface area contributed by atoms with E-state index >= 15 is 0 Å². The molecule has 1 aliphatic heterocycles. The van der Waals surface area contributed by atoms with E-state index in [9.17, 15) is 14.4 Å². The average Bonchev–Trinajstić information content (AvgIpc) is 2.63. The van der Waals surface area contributed by atoms with Gasteiger partial charge in [0.25, 0.3) is 5.91 Å². The van der Waals surface area contributed by atoms with Crippen molar-refractivity contribution >= 4 is 29.5 Å². The maximum absolute atomic E-state index is 12.5. The second-order valence-corrected chi connectivity index (χ2v) is 5.62. The summed E-state index contributed by atoms with van der Waals surface area (Å²) >= 11 is 5.96. The fourth-order valence-electron chi connectivity index (χ4n) is 2.27. The van der Waals surface area contributed by atoms with Crippen molar-refractivity contribution in [3.63, 3.8) is 0 Å². The number of hydrogen-bond acceptors (Lipinski definition) is 3. The minimum Gasteiger partial charge on any atom is -0.480 e. The van der Waals surface area contributed by atoms with E-state index in [0.717, 1.165) is 10.5 Å². The molecule has 0 saturated carbocycles. The van der Waals surface area contributed by atoms with Gasteiger partial charge in [-0.25, -0.2) is 14.5 Å². The van der Waals surface area contributed by atoms with Crippen LogP contribution in [0.5, 0.6) is 0 Å². The van der Waals surface area contributed by atoms with Gasteiger partial charge in [-0.2, -0.15) is 0 Å². The summed E-state index contributed by atoms with van der Waals surface area (Å²) in [5.41, 5.74) is 0.0286. The first-order valence-corrected chi connectivity index (χ1v) is 6.71. The smallest absolute Gasteiger partial charge is 0.326 e. The second kappa shape index (κ2) is 5.04. The molecule has 7 heteroatoms. The zero-order chi connectivity index (χ0) is 15.9. The van der Waals surface area contributed by atoms with E-state index in [0.29, 0.717) is 10.6 Å². The lowest BCUT2D eigenvalue weighted by Gasteiger charge is -2.24. The fourth-order valence-corrected chi connectivity index (χ4v) is 2.39. The van der Waals surface area contributed by atoms with Crippen molar-refractivity contribution in [2.75, 3.05) is 0 Å². The van der Waals surface area contributed by atoms with Crippen LogP contribution in [0.1, 0.15) is 25.0 Å². The molecule has 1 aromatic rings. The minimum absolute atomic E-state index is 0.551. The maximum Gasteiger partial charge on any atom is 0.326 e. The summed E-state index contributed by atoms with van der Waals surface area (Å²) in [4.78, 5) is 36.3. The normalized spacial score (nSPS) is 23.1. The van der Waals surface area contributed by atoms with Crippen molar-refractivity contribution in [2.45, 2.75) is 32.4 Å². The van der Waals surface area contributed by atoms with Crippen LogP contribution in [-0.4, -0.2) is 34.0 Å². The van der Waals surface area contributed by atoms with Crippen molar-refractivity contribution in [1.82, 2.24) is 10.2 Å². The van der Waals surface area contributed by atoms with Crippen LogP contribution in [-0.2, 0) is 15.1 Å². The van der Waals surface area contributed by atoms with Gasteiger partial charge in [0, 0.05) is 5.02 Å². The summed E-state index contributed by atoms with van der Waals surface area (Å²) < 4.78 is 0. The van der Waals surface area contributed by atoms with Crippen molar-refractivity contribution in [2.24, 2.45) is 0 Å². The summed E-state index contributed by atoms with van der Waals surface area (Å²) in [5.74, 6) is -1.83. The third-order valence-corrected chi connectivity index (χ3v) is 4.13. The lowest BCUT2D eigenvalue weighted by atomic mass is 9.90. The van der Waals surface area contributed by atoms with Gasteiger partial charge in [0.15, 0.2) is 0 Å². The Hall–Kier alpha value is -2.08. The topological polar surface area (TPSA) is 86.7 Å². The highest BCUT2D eigenvalue weighted by molar-refractivity contribution is 6.31. The first kappa shape index (κ1) is 15.3. The molecule has 0 aromatic heterocycles. The van der Waals surface area contributed by atoms with Gasteiger partial charge in [-0.1, -0.05) is 23.7 Å². The zero-order valence-electron chi connectivity index (χ0n) is 11.8. The van der Waals surface area contributed by atoms with E-state index < -0.39 is 29.5 Å². The van der Waals surface area contributed by atoms with Crippen molar-refractivity contribution in [3.8, 4) is 0 Å². The number of rotatable bonds is 3. The number of hydrogen-bond donors (Lipinski definition) is 2. The first-order valence-electron chi connectivity index (χ1n) is 6.33. The molecule has 2 rings (SSSR count). The number of carbonyl (C=O) groups excluding carboxylic acids is 2. The lowest BCUT2D eigenvalue weighted by molar-refractivity contribution is -0.147. The van der Waals surface area contributed by atoms with Crippen LogP contribution in [0.2, 0.25) is 5.02 Å². The predicted molar refractivity (Wildman–Crippen MR) is 76.0 cm³/mol. The molecule has 112 valence electrons. The molecule has 21 heavy (non-hydrogen) atoms. The molecular formula is C14H15ClN2O4. The van der Waals surface area contributed by atoms with Crippen LogP contribution in [0.25, 0.3) is 0 Å². The Bertz CT molecular complexity index is 646. The number of halogens is 1. The van der Waals surface area contributed by atoms with E-state index in [1.165, 1.54) is 6.92 Å². The minimum atomic E-state index is -1.30. The summed E-state index contributed by atoms with van der Waals surface area (Å²) in [6.45, 7) is 4.62. The van der Waals surface area contributed by atoms with Crippen LogP contribution < -0.4 is 5.32 Å². The number of imide groups is 1. The molecule has 0 spiro atoms. The number of carboxylic acids is 1. The number of benzene rings is 1. The third kappa shape index (κ3) is 2.35. The molecule has 6 nitrogen and oxygen atoms in total. The largest absolute Gasteiger partial charge is 0.480 e. The molecule has 2 N–H and O–H groups in total. The van der Waals surface area contributed by atoms with Crippen LogP contribution in [0.3, 0.4) is 0 Å². The number of aliphatic carboxylic acids is 1. The van der Waals surface area contributed by atoms with E-state index in [1.807, 2.05) is 0 Å². The molecule has 1 aliphatic rings. The van der Waals surface area contributed by atoms with Crippen LogP contribution in [0.4, 0.5) is 4.79 Å². The SMILES string of the molecule is Cc1cc(C2(C)NC(=O)N(C(C)C(=O)O)C2=O)ccc1Cl. The van der Waals surface area contributed by atoms with Crippen LogP contribution >= 0.6 is 11.6 Å². The molecule has 0 radical (unpaired) electrons. The Kier molecular flexibility index (Phi) is 3.67. The Morgan fingerprint density at radius 1 is 1.43 bits per heavy atom. The number of carbonyl (C=O) groups is 3. The molecule has 0 bridgehead atoms. The highest BCUT2D eigenvalue weighted by Crippen LogP contribution is 2.32. The van der Waals surface area contributed by atoms with Crippen molar-refractivity contribution in [1.29, 1.82) is 0 Å². The van der Waals surface area contributed by atoms with E-state index in [1.54, 1.807) is 32.0 Å². The number of urea groups is 1. The number of nitrogens with one attached hydrogen (secondary N) is 1. The molecule has 1 saturated heterocycles. The summed E-state index contributed by atoms with van der Waals surface area (Å²) in [6, 6.07) is 3.04. The first-order chi connectivity index (χ1) is 9.68. The van der Waals surface area contributed by atoms with Gasteiger partial charge in [0.05, 0.1) is 0 Å². The van der Waals surface area contributed by atoms with Gasteiger partial charge in [0.1, 0.15) is 11.6 Å². The molecule has 1 fully saturated rings. The molecule has 2 atom stereocenters. The molecule has 3 amide bonds. The van der Waals surface area contributed by atoms with Crippen molar-refractivity contribution < 1.29 is 19.5 Å². The summed E-state index contributed by atoms with van der Waals surface area (Å²) in [5, 5.41) is 12.1. The Balaban J connectivity index is 2.44. The Morgan fingerprint density at radius 3 is 2.57 bits per heavy atom. The lowest BCUT2D eigenvalue weighted by Crippen LogP contribution is -2.45. The molecule has 1 aromatic carbocycles. The van der Waals surface area contributed by atoms with Gasteiger partial charge in [-0.3, -0.25) is 4.79 Å². The van der Waals surface area contributed by atoms with Gasteiger partial charge < -0.3 is 10.4 Å². The molecule has 2 unspecified atom stereocenters. The molecule has 0 aliphatic carbocycles. The summed E-state index contributed by atoms with van der Waals surface area (Å²) in [7, 11) is 0. The van der Waals surface area contributed by atoms with Crippen LogP contribution in [0.15, 0.2) is 18.2 Å². The van der Waals surface area contributed by atoms with E-state index in [4.69, 9.17) is 16.7 Å². The van der Waals surface area contributed by atoms with E-state index in [-0.39, 0.29) is 0 Å². The highest BCUT2D eigenvalue weighted by atomic mass is 35.5. The van der Waals surface area contributed by atoms with Gasteiger partial charge in [0.2, 0.25) is 0 Å². The molecular weight excluding hydrogens is 296 g/mol. The fraction of sp³-hybridized carbons (Fsp3) is 0.357. The predicted octanol–water partition coefficient (Wildman–Crippen LogP) is 1.89. The summed E-state index contributed by atoms with van der Waals surface area (Å²) in [6.07, 6.45) is 0. The zero-order valence-corrected chi connectivity index (χ0v) is 12.6. The van der Waals surface area contributed by atoms with Crippen molar-refractivity contribution in [3.05, 3.63) is 34.3 Å². The third-order valence-electron chi connectivity index (χ3n) is 3.70. The Labute approximate surface area is 126 Å². The highest BCUT2D eigenvalue weighted by Gasteiger charge is 2.51. The van der Waals surface area contributed by atoms with Gasteiger partial charge in [-0.15, -0.1) is 0 Å². The maximum atomic E-state index is 12.5. The Morgan fingerprint density at radius 2 is 2.05 bits per heavy atom. The van der Waals surface area contributed by atoms with Gasteiger partial charge in [-0.05, 0) is 38.0 Å². The van der Waals surface area contributed by atoms with Gasteiger partial charge >= 0.3 is 12.0 Å². The average molecular weight is 311 g/mol. The number of aryl methyl sites for hydroxylation is 1. The number of amides is 3. The monoisotopic (exact) mass is 310 g/mol. The second-order valence-electron chi connectivity index (χ2n) is 5.21. The standard InChI is InChI=1S/C14H15ClN2O4/c1-7-6-9(4-5-10(7)15)14(3)12(20)17(13(21)16-14)8(2)11(18)19/h4-6,8H,1-3H3,(H,16,21)(H,18,19).